The van der Waals surface area contributed by atoms with Crippen LogP contribution in [0.5, 0.6) is 0 Å². The minimum Gasteiger partial charge on any atom is -0.357 e. The van der Waals surface area contributed by atoms with E-state index < -0.39 is 5.91 Å². The molecule has 0 aliphatic carbocycles. The van der Waals surface area contributed by atoms with E-state index in [1.54, 1.807) is 36.2 Å². The maximum Gasteiger partial charge on any atom is 0.296 e. The van der Waals surface area contributed by atoms with Crippen molar-refractivity contribution in [2.75, 3.05) is 22.9 Å². The van der Waals surface area contributed by atoms with E-state index in [0.717, 1.165) is 62.8 Å². The van der Waals surface area contributed by atoms with Crippen LogP contribution in [0.25, 0.3) is 11.8 Å². The van der Waals surface area contributed by atoms with Gasteiger partial charge in [-0.2, -0.15) is 5.26 Å². The van der Waals surface area contributed by atoms with E-state index in [1.807, 2.05) is 37.3 Å². The number of para-hydroxylation sites is 1. The Kier molecular flexibility index (Phi) is 8.57. The number of pyridine rings is 1. The molecule has 0 bridgehead atoms. The standard InChI is InChI=1S/C31H34N6O3S2/c1-5-15-35-27(34-16-11-6-7-12-17-34)23(20(2)24(19-32)28(35)38)18-25-29(39)36(31(41)42-25)26-21(3)33(4)37(30(26)40)22-13-9-8-10-14-22/h8-10,13-14,18H,5-7,11-12,15-17H2,1-4H3/b25-18+. The summed E-state index contributed by atoms with van der Waals surface area (Å²) in [5.41, 5.74) is 2.14. The molecule has 2 aromatic heterocycles. The molecule has 0 saturated carbocycles. The summed E-state index contributed by atoms with van der Waals surface area (Å²) in [6, 6.07) is 11.4. The van der Waals surface area contributed by atoms with Gasteiger partial charge in [0.25, 0.3) is 17.0 Å². The molecule has 218 valence electrons. The van der Waals surface area contributed by atoms with Gasteiger partial charge in [0.2, 0.25) is 0 Å². The summed E-state index contributed by atoms with van der Waals surface area (Å²) in [7, 11) is 1.78. The molecule has 9 nitrogen and oxygen atoms in total. The number of thioether (sulfide) groups is 1. The van der Waals surface area contributed by atoms with Crippen molar-refractivity contribution in [1.29, 1.82) is 5.26 Å². The third-order valence-corrected chi connectivity index (χ3v) is 9.32. The monoisotopic (exact) mass is 602 g/mol. The topological polar surface area (TPSA) is 96.3 Å². The van der Waals surface area contributed by atoms with Gasteiger partial charge in [-0.05, 0) is 56.9 Å². The van der Waals surface area contributed by atoms with Crippen LogP contribution in [0.3, 0.4) is 0 Å². The van der Waals surface area contributed by atoms with E-state index in [9.17, 15) is 19.6 Å². The molecule has 2 saturated heterocycles. The molecule has 0 atom stereocenters. The number of hydrogen-bond donors (Lipinski definition) is 0. The molecule has 2 aliphatic heterocycles. The van der Waals surface area contributed by atoms with Crippen LogP contribution in [0.4, 0.5) is 11.5 Å². The number of carbonyl (C=O) groups is 1. The summed E-state index contributed by atoms with van der Waals surface area (Å²) in [5.74, 6) is 0.344. The van der Waals surface area contributed by atoms with Crippen molar-refractivity contribution in [3.63, 3.8) is 0 Å². The summed E-state index contributed by atoms with van der Waals surface area (Å²) in [6.07, 6.45) is 6.72. The molecule has 5 rings (SSSR count). The van der Waals surface area contributed by atoms with Gasteiger partial charge in [0.15, 0.2) is 4.32 Å². The van der Waals surface area contributed by atoms with Crippen LogP contribution in [0.15, 0.2) is 44.8 Å². The minimum atomic E-state index is -0.399. The van der Waals surface area contributed by atoms with Crippen molar-refractivity contribution in [3.05, 3.63) is 78.3 Å². The lowest BCUT2D eigenvalue weighted by Crippen LogP contribution is -2.35. The number of thiocarbonyl (C=S) groups is 1. The molecule has 0 N–H and O–H groups in total. The fraction of sp³-hybridized carbons (Fsp3) is 0.387. The zero-order chi connectivity index (χ0) is 30.1. The Labute approximate surface area is 254 Å². The molecule has 1 aromatic carbocycles. The predicted octanol–water partition coefficient (Wildman–Crippen LogP) is 5.02. The van der Waals surface area contributed by atoms with Crippen LogP contribution in [0.2, 0.25) is 0 Å². The highest BCUT2D eigenvalue weighted by Crippen LogP contribution is 2.39. The molecule has 0 spiro atoms. The average Bonchev–Trinajstić information content (AvgIpc) is 3.22. The van der Waals surface area contributed by atoms with Gasteiger partial charge in [-0.3, -0.25) is 28.5 Å². The summed E-state index contributed by atoms with van der Waals surface area (Å²) in [6.45, 7) is 7.60. The molecular formula is C31H34N6O3S2. The fourth-order valence-corrected chi connectivity index (χ4v) is 7.05. The Bertz CT molecular complexity index is 1750. The molecular weight excluding hydrogens is 569 g/mol. The van der Waals surface area contributed by atoms with Gasteiger partial charge in [0.05, 0.1) is 16.3 Å². The van der Waals surface area contributed by atoms with E-state index in [2.05, 4.69) is 11.0 Å². The smallest absolute Gasteiger partial charge is 0.296 e. The number of aromatic nitrogens is 3. The zero-order valence-electron chi connectivity index (χ0n) is 24.3. The Morgan fingerprint density at radius 2 is 1.69 bits per heavy atom. The van der Waals surface area contributed by atoms with Crippen LogP contribution in [0.1, 0.15) is 61.4 Å². The largest absolute Gasteiger partial charge is 0.357 e. The molecule has 3 aromatic rings. The number of hydrogen-bond acceptors (Lipinski definition) is 7. The van der Waals surface area contributed by atoms with Crippen molar-refractivity contribution < 1.29 is 4.79 Å². The molecule has 4 heterocycles. The molecule has 2 aliphatic rings. The summed E-state index contributed by atoms with van der Waals surface area (Å²) in [5, 5.41) is 9.95. The molecule has 42 heavy (non-hydrogen) atoms. The van der Waals surface area contributed by atoms with Gasteiger partial charge in [0.1, 0.15) is 23.1 Å². The van der Waals surface area contributed by atoms with Gasteiger partial charge in [-0.1, -0.05) is 61.9 Å². The first-order chi connectivity index (χ1) is 20.2. The second kappa shape index (κ2) is 12.2. The van der Waals surface area contributed by atoms with Crippen molar-refractivity contribution in [1.82, 2.24) is 13.9 Å². The number of nitriles is 1. The Morgan fingerprint density at radius 1 is 1.02 bits per heavy atom. The number of benzene rings is 1. The normalized spacial score (nSPS) is 16.8. The third-order valence-electron chi connectivity index (χ3n) is 8.02. The highest BCUT2D eigenvalue weighted by atomic mass is 32.2. The predicted molar refractivity (Wildman–Crippen MR) is 173 cm³/mol. The molecule has 0 radical (unpaired) electrons. The lowest BCUT2D eigenvalue weighted by molar-refractivity contribution is -0.113. The maximum atomic E-state index is 14.0. The van der Waals surface area contributed by atoms with Gasteiger partial charge in [-0.15, -0.1) is 0 Å². The van der Waals surface area contributed by atoms with Crippen molar-refractivity contribution in [2.24, 2.45) is 7.05 Å². The van der Waals surface area contributed by atoms with Crippen LogP contribution in [0, 0.1) is 25.2 Å². The average molecular weight is 603 g/mol. The Balaban J connectivity index is 1.67. The van der Waals surface area contributed by atoms with E-state index in [1.165, 1.54) is 9.58 Å². The van der Waals surface area contributed by atoms with Gasteiger partial charge in [0, 0.05) is 32.2 Å². The molecule has 1 amide bonds. The van der Waals surface area contributed by atoms with Crippen molar-refractivity contribution in [2.45, 2.75) is 59.4 Å². The lowest BCUT2D eigenvalue weighted by atomic mass is 10.0. The fourth-order valence-electron chi connectivity index (χ4n) is 5.80. The second-order valence-corrected chi connectivity index (χ2v) is 12.3. The van der Waals surface area contributed by atoms with Gasteiger partial charge >= 0.3 is 0 Å². The summed E-state index contributed by atoms with van der Waals surface area (Å²) < 4.78 is 5.20. The number of amides is 1. The van der Waals surface area contributed by atoms with Crippen LogP contribution < -0.4 is 20.9 Å². The number of anilines is 2. The number of carbonyl (C=O) groups excluding carboxylic acids is 1. The minimum absolute atomic E-state index is 0.0772. The van der Waals surface area contributed by atoms with Crippen LogP contribution >= 0.6 is 24.0 Å². The van der Waals surface area contributed by atoms with Gasteiger partial charge in [-0.25, -0.2) is 4.68 Å². The molecule has 11 heteroatoms. The van der Waals surface area contributed by atoms with Gasteiger partial charge < -0.3 is 4.90 Å². The first kappa shape index (κ1) is 29.6. The zero-order valence-corrected chi connectivity index (χ0v) is 26.0. The molecule has 0 unspecified atom stereocenters. The Hall–Kier alpha value is -3.88. The highest BCUT2D eigenvalue weighted by molar-refractivity contribution is 8.27. The van der Waals surface area contributed by atoms with E-state index in [4.69, 9.17) is 12.2 Å². The van der Waals surface area contributed by atoms with E-state index >= 15 is 0 Å². The first-order valence-corrected chi connectivity index (χ1v) is 15.5. The second-order valence-electron chi connectivity index (χ2n) is 10.6. The number of nitrogens with zero attached hydrogens (tertiary/aromatic N) is 6. The Morgan fingerprint density at radius 3 is 2.31 bits per heavy atom. The summed E-state index contributed by atoms with van der Waals surface area (Å²) >= 11 is 6.81. The lowest BCUT2D eigenvalue weighted by Gasteiger charge is -2.29. The quantitative estimate of drug-likeness (QED) is 0.289. The van der Waals surface area contributed by atoms with Crippen LogP contribution in [-0.4, -0.2) is 37.2 Å². The molecule has 2 fully saturated rings. The number of rotatable bonds is 6. The van der Waals surface area contributed by atoms with Crippen LogP contribution in [-0.2, 0) is 18.4 Å². The van der Waals surface area contributed by atoms with E-state index in [-0.39, 0.29) is 26.7 Å². The third kappa shape index (κ3) is 5.03. The van der Waals surface area contributed by atoms with E-state index in [0.29, 0.717) is 34.0 Å². The van der Waals surface area contributed by atoms with Crippen molar-refractivity contribution in [3.8, 4) is 11.8 Å². The SMILES string of the molecule is CCCn1c(N2CCCCCC2)c(/C=C2/SC(=S)N(c3c(C)n(C)n(-c4ccccc4)c3=O)C2=O)c(C)c(C#N)c1=O. The maximum absolute atomic E-state index is 14.0. The first-order valence-electron chi connectivity index (χ1n) is 14.3. The van der Waals surface area contributed by atoms with Crippen molar-refractivity contribution >= 4 is 51.8 Å². The summed E-state index contributed by atoms with van der Waals surface area (Å²) in [4.78, 5) is 45.1. The highest BCUT2D eigenvalue weighted by Gasteiger charge is 2.38.